The third kappa shape index (κ3) is 4.87. The summed E-state index contributed by atoms with van der Waals surface area (Å²) in [5.41, 5.74) is 14.2. The van der Waals surface area contributed by atoms with Crippen molar-refractivity contribution >= 4 is 23.2 Å². The van der Waals surface area contributed by atoms with Gasteiger partial charge in [-0.1, -0.05) is 48.3 Å². The Kier molecular flexibility index (Phi) is 6.93. The molecule has 0 amide bonds. The summed E-state index contributed by atoms with van der Waals surface area (Å²) in [6.45, 7) is 6.88. The summed E-state index contributed by atoms with van der Waals surface area (Å²) in [6.07, 6.45) is 2.67. The fourth-order valence-electron chi connectivity index (χ4n) is 2.30. The summed E-state index contributed by atoms with van der Waals surface area (Å²) in [5.74, 6) is 0. The Hall–Kier alpha value is -1.32. The molecule has 1 unspecified atom stereocenters. The van der Waals surface area contributed by atoms with E-state index in [2.05, 4.69) is 18.7 Å². The van der Waals surface area contributed by atoms with Crippen LogP contribution in [0.2, 0.25) is 5.02 Å². The Morgan fingerprint density at radius 3 is 2.43 bits per heavy atom. The molecule has 0 saturated carbocycles. The summed E-state index contributed by atoms with van der Waals surface area (Å²) in [6, 6.07) is 7.88. The Morgan fingerprint density at radius 1 is 1.33 bits per heavy atom. The number of halogens is 2. The lowest BCUT2D eigenvalue weighted by molar-refractivity contribution is 0.277. The first kappa shape index (κ1) is 17.7. The lowest BCUT2D eigenvalue weighted by Gasteiger charge is -2.33. The van der Waals surface area contributed by atoms with Crippen molar-refractivity contribution in [3.8, 4) is 0 Å². The standard InChI is InChI=1S/C16H23Cl2N3/c1-4-9-21(15(11(2)19)10-16(18)20)12(3)13-7-5-6-8-14(13)17/h5-8,10,12H,4,9,19-20H2,1-3H3/b15-11+,16-10-. The van der Waals surface area contributed by atoms with E-state index in [9.17, 15) is 0 Å². The molecule has 1 aromatic carbocycles. The largest absolute Gasteiger partial charge is 0.401 e. The molecule has 5 heteroatoms. The molecule has 4 N–H and O–H groups in total. The predicted octanol–water partition coefficient (Wildman–Crippen LogP) is 4.34. The van der Waals surface area contributed by atoms with Gasteiger partial charge in [-0.25, -0.2) is 0 Å². The average Bonchev–Trinajstić information content (AvgIpc) is 2.42. The summed E-state index contributed by atoms with van der Waals surface area (Å²) in [5, 5.41) is 0.949. The van der Waals surface area contributed by atoms with Crippen molar-refractivity contribution < 1.29 is 0 Å². The predicted molar refractivity (Wildman–Crippen MR) is 91.9 cm³/mol. The van der Waals surface area contributed by atoms with Gasteiger partial charge in [-0.3, -0.25) is 0 Å². The molecule has 3 nitrogen and oxygen atoms in total. The van der Waals surface area contributed by atoms with Crippen LogP contribution >= 0.6 is 23.2 Å². The van der Waals surface area contributed by atoms with E-state index in [0.717, 1.165) is 29.2 Å². The molecule has 0 bridgehead atoms. The van der Waals surface area contributed by atoms with Gasteiger partial charge in [-0.05, 0) is 38.0 Å². The van der Waals surface area contributed by atoms with Crippen LogP contribution in [0.15, 0.2) is 46.9 Å². The maximum absolute atomic E-state index is 6.31. The molecule has 0 aliphatic carbocycles. The van der Waals surface area contributed by atoms with E-state index < -0.39 is 0 Å². The third-order valence-corrected chi connectivity index (χ3v) is 3.73. The second-order valence-corrected chi connectivity index (χ2v) is 5.83. The van der Waals surface area contributed by atoms with Gasteiger partial charge in [0.25, 0.3) is 0 Å². The molecular formula is C16H23Cl2N3. The topological polar surface area (TPSA) is 55.3 Å². The smallest absolute Gasteiger partial charge is 0.101 e. The van der Waals surface area contributed by atoms with Crippen LogP contribution in [0.1, 0.15) is 38.8 Å². The SMILES string of the molecule is CCCN(C(/C=C(\N)Cl)=C(\C)N)C(C)c1ccccc1Cl. The number of nitrogens with two attached hydrogens (primary N) is 2. The Morgan fingerprint density at radius 2 is 1.95 bits per heavy atom. The van der Waals surface area contributed by atoms with E-state index in [1.165, 1.54) is 0 Å². The summed E-state index contributed by atoms with van der Waals surface area (Å²) in [4.78, 5) is 2.17. The van der Waals surface area contributed by atoms with Crippen LogP contribution in [0.3, 0.4) is 0 Å². The van der Waals surface area contributed by atoms with Gasteiger partial charge in [0.05, 0.1) is 11.7 Å². The van der Waals surface area contributed by atoms with Crippen LogP contribution in [-0.4, -0.2) is 11.4 Å². The fraction of sp³-hybridized carbons (Fsp3) is 0.375. The molecule has 0 fully saturated rings. The molecule has 0 heterocycles. The van der Waals surface area contributed by atoms with E-state index in [1.807, 2.05) is 31.2 Å². The van der Waals surface area contributed by atoms with Gasteiger partial charge in [0.15, 0.2) is 0 Å². The molecule has 116 valence electrons. The normalized spacial score (nSPS) is 14.6. The van der Waals surface area contributed by atoms with E-state index >= 15 is 0 Å². The zero-order chi connectivity index (χ0) is 16.0. The minimum absolute atomic E-state index is 0.0689. The van der Waals surface area contributed by atoms with Crippen molar-refractivity contribution in [3.05, 3.63) is 57.5 Å². The fourth-order valence-corrected chi connectivity index (χ4v) is 2.70. The first-order valence-electron chi connectivity index (χ1n) is 6.98. The number of hydrogen-bond donors (Lipinski definition) is 2. The minimum atomic E-state index is 0.0689. The lowest BCUT2D eigenvalue weighted by Crippen LogP contribution is -2.29. The number of allylic oxidation sites excluding steroid dienone is 2. The lowest BCUT2D eigenvalue weighted by atomic mass is 10.1. The van der Waals surface area contributed by atoms with Crippen molar-refractivity contribution in [3.63, 3.8) is 0 Å². The molecule has 0 aromatic heterocycles. The molecule has 21 heavy (non-hydrogen) atoms. The van der Waals surface area contributed by atoms with Crippen LogP contribution in [0.4, 0.5) is 0 Å². The van der Waals surface area contributed by atoms with E-state index in [-0.39, 0.29) is 11.2 Å². The number of nitrogens with zero attached hydrogens (tertiary/aromatic N) is 1. The minimum Gasteiger partial charge on any atom is -0.401 e. The van der Waals surface area contributed by atoms with Crippen molar-refractivity contribution in [2.75, 3.05) is 6.54 Å². The van der Waals surface area contributed by atoms with Crippen molar-refractivity contribution in [2.45, 2.75) is 33.2 Å². The summed E-state index contributed by atoms with van der Waals surface area (Å²) in [7, 11) is 0. The number of hydrogen-bond acceptors (Lipinski definition) is 3. The second kappa shape index (κ2) is 8.20. The Labute approximate surface area is 137 Å². The van der Waals surface area contributed by atoms with Gasteiger partial charge < -0.3 is 16.4 Å². The summed E-state index contributed by atoms with van der Waals surface area (Å²) < 4.78 is 0. The van der Waals surface area contributed by atoms with Crippen LogP contribution < -0.4 is 11.5 Å². The summed E-state index contributed by atoms with van der Waals surface area (Å²) >= 11 is 12.2. The molecule has 0 radical (unpaired) electrons. The van der Waals surface area contributed by atoms with Gasteiger partial charge >= 0.3 is 0 Å². The molecule has 1 aromatic rings. The maximum Gasteiger partial charge on any atom is 0.101 e. The van der Waals surface area contributed by atoms with Crippen LogP contribution in [0, 0.1) is 0 Å². The molecule has 1 atom stereocenters. The molecule has 0 spiro atoms. The zero-order valence-electron chi connectivity index (χ0n) is 12.7. The Balaban J connectivity index is 3.25. The van der Waals surface area contributed by atoms with E-state index in [1.54, 1.807) is 6.08 Å². The van der Waals surface area contributed by atoms with E-state index in [4.69, 9.17) is 34.7 Å². The number of rotatable bonds is 6. The highest BCUT2D eigenvalue weighted by atomic mass is 35.5. The van der Waals surface area contributed by atoms with Gasteiger partial charge in [-0.2, -0.15) is 0 Å². The zero-order valence-corrected chi connectivity index (χ0v) is 14.2. The quantitative estimate of drug-likeness (QED) is 0.603. The molecular weight excluding hydrogens is 305 g/mol. The van der Waals surface area contributed by atoms with Crippen LogP contribution in [0.5, 0.6) is 0 Å². The third-order valence-electron chi connectivity index (χ3n) is 3.28. The average molecular weight is 328 g/mol. The number of benzene rings is 1. The van der Waals surface area contributed by atoms with Crippen LogP contribution in [0.25, 0.3) is 0 Å². The second-order valence-electron chi connectivity index (χ2n) is 4.99. The van der Waals surface area contributed by atoms with Crippen LogP contribution in [-0.2, 0) is 0 Å². The van der Waals surface area contributed by atoms with Crippen molar-refractivity contribution in [1.82, 2.24) is 4.90 Å². The monoisotopic (exact) mass is 327 g/mol. The highest BCUT2D eigenvalue weighted by Gasteiger charge is 2.20. The highest BCUT2D eigenvalue weighted by molar-refractivity contribution is 6.31. The first-order chi connectivity index (χ1) is 9.88. The van der Waals surface area contributed by atoms with Gasteiger partial charge in [0.2, 0.25) is 0 Å². The van der Waals surface area contributed by atoms with Crippen molar-refractivity contribution in [2.24, 2.45) is 11.5 Å². The van der Waals surface area contributed by atoms with Crippen molar-refractivity contribution in [1.29, 1.82) is 0 Å². The van der Waals surface area contributed by atoms with Gasteiger partial charge in [0.1, 0.15) is 5.16 Å². The Bertz CT molecular complexity index is 530. The van der Waals surface area contributed by atoms with Gasteiger partial charge in [0, 0.05) is 17.3 Å². The molecule has 0 aliphatic rings. The molecule has 0 saturated heterocycles. The first-order valence-corrected chi connectivity index (χ1v) is 7.74. The molecule has 1 rings (SSSR count). The maximum atomic E-state index is 6.31. The highest BCUT2D eigenvalue weighted by Crippen LogP contribution is 2.31. The van der Waals surface area contributed by atoms with E-state index in [0.29, 0.717) is 5.70 Å². The molecule has 0 aliphatic heterocycles. The van der Waals surface area contributed by atoms with Gasteiger partial charge in [-0.15, -0.1) is 0 Å².